The molecule has 0 unspecified atom stereocenters. The van der Waals surface area contributed by atoms with E-state index in [1.165, 1.54) is 12.8 Å². The molecule has 0 aliphatic carbocycles. The molecule has 7 nitrogen and oxygen atoms in total. The first-order chi connectivity index (χ1) is 14.3. The van der Waals surface area contributed by atoms with Crippen molar-refractivity contribution in [2.45, 2.75) is 31.7 Å². The highest BCUT2D eigenvalue weighted by atomic mass is 16.2. The van der Waals surface area contributed by atoms with Crippen molar-refractivity contribution in [2.24, 2.45) is 0 Å². The Morgan fingerprint density at radius 2 is 1.86 bits per heavy atom. The van der Waals surface area contributed by atoms with Gasteiger partial charge in [0.1, 0.15) is 0 Å². The highest BCUT2D eigenvalue weighted by Gasteiger charge is 2.33. The third-order valence-corrected chi connectivity index (χ3v) is 5.84. The molecule has 2 fully saturated rings. The third kappa shape index (κ3) is 3.37. The topological polar surface area (TPSA) is 78.0 Å². The molecule has 0 radical (unpaired) electrons. The van der Waals surface area contributed by atoms with E-state index in [0.717, 1.165) is 60.9 Å². The van der Waals surface area contributed by atoms with Gasteiger partial charge < -0.3 is 9.80 Å². The number of rotatable bonds is 4. The van der Waals surface area contributed by atoms with Gasteiger partial charge in [0, 0.05) is 37.0 Å². The monoisotopic (exact) mass is 388 g/mol. The molecule has 1 amide bonds. The molecule has 148 valence electrons. The normalized spacial score (nSPS) is 19.1. The Morgan fingerprint density at radius 3 is 2.69 bits per heavy atom. The number of aromatic amines is 1. The van der Waals surface area contributed by atoms with Gasteiger partial charge in [-0.05, 0) is 43.9 Å². The van der Waals surface area contributed by atoms with Gasteiger partial charge in [0.25, 0.3) is 5.91 Å². The van der Waals surface area contributed by atoms with E-state index >= 15 is 0 Å². The zero-order valence-corrected chi connectivity index (χ0v) is 16.3. The Hall–Kier alpha value is -3.22. The summed E-state index contributed by atoms with van der Waals surface area (Å²) in [5.74, 6) is 0.838. The highest BCUT2D eigenvalue weighted by molar-refractivity contribution is 5.94. The largest absolute Gasteiger partial charge is 0.341 e. The quantitative estimate of drug-likeness (QED) is 0.741. The number of H-pyrrole nitrogens is 1. The molecule has 4 heterocycles. The molecule has 0 saturated carbocycles. The van der Waals surface area contributed by atoms with E-state index in [4.69, 9.17) is 4.98 Å². The molecule has 7 heteroatoms. The second kappa shape index (κ2) is 7.66. The van der Waals surface area contributed by atoms with Crippen LogP contribution in [0, 0.1) is 0 Å². The van der Waals surface area contributed by atoms with Gasteiger partial charge in [-0.25, -0.2) is 9.97 Å². The lowest BCUT2D eigenvalue weighted by Crippen LogP contribution is -2.31. The summed E-state index contributed by atoms with van der Waals surface area (Å²) in [5, 5.41) is 7.45. The lowest BCUT2D eigenvalue weighted by molar-refractivity contribution is 0.0733. The Labute approximate surface area is 169 Å². The molecule has 0 bridgehead atoms. The summed E-state index contributed by atoms with van der Waals surface area (Å²) >= 11 is 0. The van der Waals surface area contributed by atoms with Crippen LogP contribution in [0.3, 0.4) is 0 Å². The first-order valence-electron chi connectivity index (χ1n) is 10.3. The molecule has 2 aromatic heterocycles. The van der Waals surface area contributed by atoms with Gasteiger partial charge in [0.2, 0.25) is 5.95 Å². The molecule has 5 rings (SSSR count). The lowest BCUT2D eigenvalue weighted by Gasteiger charge is -2.25. The van der Waals surface area contributed by atoms with Gasteiger partial charge in [-0.1, -0.05) is 18.2 Å². The minimum atomic E-state index is -0.0228. The highest BCUT2D eigenvalue weighted by Crippen LogP contribution is 2.37. The molecule has 2 saturated heterocycles. The van der Waals surface area contributed by atoms with Crippen LogP contribution in [-0.2, 0) is 0 Å². The first-order valence-corrected chi connectivity index (χ1v) is 10.3. The van der Waals surface area contributed by atoms with Crippen molar-refractivity contribution in [3.8, 4) is 11.3 Å². The van der Waals surface area contributed by atoms with E-state index in [1.54, 1.807) is 0 Å². The fraction of sp³-hybridized carbons (Fsp3) is 0.364. The van der Waals surface area contributed by atoms with Crippen LogP contribution in [0.2, 0.25) is 0 Å². The van der Waals surface area contributed by atoms with Crippen molar-refractivity contribution in [2.75, 3.05) is 24.5 Å². The smallest absolute Gasteiger partial charge is 0.254 e. The van der Waals surface area contributed by atoms with E-state index < -0.39 is 0 Å². The minimum absolute atomic E-state index is 0.0228. The number of aromatic nitrogens is 4. The van der Waals surface area contributed by atoms with Crippen molar-refractivity contribution < 1.29 is 4.79 Å². The molecule has 2 aliphatic rings. The minimum Gasteiger partial charge on any atom is -0.341 e. The van der Waals surface area contributed by atoms with Gasteiger partial charge in [0.05, 0.1) is 23.6 Å². The Balaban J connectivity index is 1.45. The average molecular weight is 388 g/mol. The van der Waals surface area contributed by atoms with E-state index in [9.17, 15) is 4.79 Å². The van der Waals surface area contributed by atoms with E-state index in [0.29, 0.717) is 0 Å². The summed E-state index contributed by atoms with van der Waals surface area (Å²) in [5.41, 5.74) is 3.48. The predicted octanol–water partition coefficient (Wildman–Crippen LogP) is 3.44. The maximum atomic E-state index is 13.1. The summed E-state index contributed by atoms with van der Waals surface area (Å²) in [4.78, 5) is 26.5. The molecule has 1 atom stereocenters. The number of amides is 1. The SMILES string of the molecule is O=C(c1ccccc1)N1CCC[C@H]1c1[nH]ncc1-c1ccnc(N2CCCC2)n1. The fourth-order valence-electron chi connectivity index (χ4n) is 4.38. The summed E-state index contributed by atoms with van der Waals surface area (Å²) < 4.78 is 0. The standard InChI is InChI=1S/C22H24N6O/c29-21(16-7-2-1-3-8-16)28-14-6-9-19(28)20-17(15-24-26-20)18-10-11-23-22(25-18)27-12-4-5-13-27/h1-3,7-8,10-11,15,19H,4-6,9,12-14H2,(H,24,26)/t19-/m0/s1. The summed E-state index contributed by atoms with van der Waals surface area (Å²) in [6.07, 6.45) is 7.89. The van der Waals surface area contributed by atoms with Crippen LogP contribution in [0.25, 0.3) is 11.3 Å². The number of anilines is 1. The lowest BCUT2D eigenvalue weighted by atomic mass is 10.0. The molecule has 2 aliphatic heterocycles. The maximum absolute atomic E-state index is 13.1. The number of benzene rings is 1. The van der Waals surface area contributed by atoms with Gasteiger partial charge in [0.15, 0.2) is 0 Å². The second-order valence-electron chi connectivity index (χ2n) is 7.66. The number of carbonyl (C=O) groups is 1. The van der Waals surface area contributed by atoms with Crippen LogP contribution in [0.5, 0.6) is 0 Å². The Kier molecular flexibility index (Phi) is 4.71. The van der Waals surface area contributed by atoms with Crippen LogP contribution in [0.4, 0.5) is 5.95 Å². The molecule has 0 spiro atoms. The number of carbonyl (C=O) groups excluding carboxylic acids is 1. The first kappa shape index (κ1) is 17.8. The summed E-state index contributed by atoms with van der Waals surface area (Å²) in [6.45, 7) is 2.76. The molecule has 1 N–H and O–H groups in total. The van der Waals surface area contributed by atoms with Crippen LogP contribution >= 0.6 is 0 Å². The van der Waals surface area contributed by atoms with Gasteiger partial charge >= 0.3 is 0 Å². The van der Waals surface area contributed by atoms with E-state index in [1.807, 2.05) is 53.7 Å². The van der Waals surface area contributed by atoms with Crippen LogP contribution in [0.1, 0.15) is 47.8 Å². The van der Waals surface area contributed by atoms with Gasteiger partial charge in [-0.3, -0.25) is 9.89 Å². The predicted molar refractivity (Wildman–Crippen MR) is 111 cm³/mol. The van der Waals surface area contributed by atoms with Crippen LogP contribution in [0.15, 0.2) is 48.8 Å². The van der Waals surface area contributed by atoms with Crippen molar-refractivity contribution >= 4 is 11.9 Å². The van der Waals surface area contributed by atoms with E-state index in [2.05, 4.69) is 20.1 Å². The number of hydrogen-bond acceptors (Lipinski definition) is 5. The molecular weight excluding hydrogens is 364 g/mol. The van der Waals surface area contributed by atoms with Crippen LogP contribution in [-0.4, -0.2) is 50.6 Å². The van der Waals surface area contributed by atoms with Gasteiger partial charge in [-0.2, -0.15) is 5.10 Å². The van der Waals surface area contributed by atoms with Gasteiger partial charge in [-0.15, -0.1) is 0 Å². The third-order valence-electron chi connectivity index (χ3n) is 5.84. The zero-order valence-electron chi connectivity index (χ0n) is 16.3. The van der Waals surface area contributed by atoms with E-state index in [-0.39, 0.29) is 11.9 Å². The van der Waals surface area contributed by atoms with Crippen molar-refractivity contribution in [3.63, 3.8) is 0 Å². The molecule has 1 aromatic carbocycles. The molecule has 29 heavy (non-hydrogen) atoms. The summed E-state index contributed by atoms with van der Waals surface area (Å²) in [7, 11) is 0. The number of likely N-dealkylation sites (tertiary alicyclic amines) is 1. The molecular formula is C22H24N6O. The van der Waals surface area contributed by atoms with Crippen LogP contribution < -0.4 is 4.90 Å². The van der Waals surface area contributed by atoms with Crippen molar-refractivity contribution in [1.82, 2.24) is 25.1 Å². The molecule has 3 aromatic rings. The Morgan fingerprint density at radius 1 is 1.03 bits per heavy atom. The number of nitrogens with zero attached hydrogens (tertiary/aromatic N) is 5. The maximum Gasteiger partial charge on any atom is 0.254 e. The average Bonchev–Trinajstić information content (AvgIpc) is 3.55. The Bertz CT molecular complexity index is 995. The number of hydrogen-bond donors (Lipinski definition) is 1. The number of nitrogens with one attached hydrogen (secondary N) is 1. The fourth-order valence-corrected chi connectivity index (χ4v) is 4.38. The van der Waals surface area contributed by atoms with Crippen molar-refractivity contribution in [3.05, 3.63) is 60.0 Å². The zero-order chi connectivity index (χ0) is 19.6. The summed E-state index contributed by atoms with van der Waals surface area (Å²) in [6, 6.07) is 11.4. The second-order valence-corrected chi connectivity index (χ2v) is 7.66. The van der Waals surface area contributed by atoms with Crippen molar-refractivity contribution in [1.29, 1.82) is 0 Å².